The molecule has 0 aromatic heterocycles. The number of ether oxygens (including phenoxy) is 2. The summed E-state index contributed by atoms with van der Waals surface area (Å²) < 4.78 is 12.0. The van der Waals surface area contributed by atoms with Gasteiger partial charge in [0.05, 0.1) is 27.8 Å². The summed E-state index contributed by atoms with van der Waals surface area (Å²) >= 11 is 0. The topological polar surface area (TPSA) is 58.9 Å². The van der Waals surface area contributed by atoms with Crippen molar-refractivity contribution in [2.45, 2.75) is 25.4 Å². The van der Waals surface area contributed by atoms with E-state index in [0.717, 1.165) is 41.9 Å². The van der Waals surface area contributed by atoms with Crippen molar-refractivity contribution in [1.82, 2.24) is 0 Å². The number of hydrogen-bond donors (Lipinski definition) is 2. The minimum Gasteiger partial charge on any atom is -0.508 e. The quantitative estimate of drug-likeness (QED) is 0.572. The number of aromatic hydroxyl groups is 2. The number of rotatable bonds is 6. The molecule has 0 spiro atoms. The second-order valence-corrected chi connectivity index (χ2v) is 8.57. The normalized spacial score (nSPS) is 20.2. The van der Waals surface area contributed by atoms with Crippen molar-refractivity contribution in [3.63, 3.8) is 0 Å². The van der Waals surface area contributed by atoms with Gasteiger partial charge in [-0.25, -0.2) is 0 Å². The Hall–Kier alpha value is -3.18. The maximum absolute atomic E-state index is 9.71. The summed E-state index contributed by atoms with van der Waals surface area (Å²) in [6.45, 7) is 1.85. The van der Waals surface area contributed by atoms with Gasteiger partial charge in [-0.2, -0.15) is 0 Å². The van der Waals surface area contributed by atoms with Crippen molar-refractivity contribution in [1.29, 1.82) is 0 Å². The second kappa shape index (κ2) is 8.52. The summed E-state index contributed by atoms with van der Waals surface area (Å²) in [4.78, 5) is 0. The number of phenols is 2. The zero-order valence-electron chi connectivity index (χ0n) is 18.3. The van der Waals surface area contributed by atoms with E-state index in [0.29, 0.717) is 0 Å². The molecule has 0 saturated carbocycles. The first-order valence-electron chi connectivity index (χ1n) is 10.6. The van der Waals surface area contributed by atoms with Crippen LogP contribution in [-0.2, 0) is 19.4 Å². The summed E-state index contributed by atoms with van der Waals surface area (Å²) in [5.41, 5.74) is 4.95. The molecule has 5 nitrogen and oxygen atoms in total. The highest BCUT2D eigenvalue weighted by Crippen LogP contribution is 2.43. The SMILES string of the molecule is COc1cc2c(cc1OC)C(Cc1ccc(O)cc1)[N+](C)(Cc1ccc(O)cc1)CC2. The standard InChI is InChI=1S/C26H29NO4/c1-27(17-19-6-10-22(29)11-7-19)13-12-20-15-25(30-2)26(31-3)16-23(20)24(27)14-18-4-8-21(28)9-5-18/h4-11,15-16,24H,12-14,17H2,1-3H3,(H-,28,29)/p+1. The molecular formula is C26H30NO4+. The lowest BCUT2D eigenvalue weighted by Gasteiger charge is -2.46. The highest BCUT2D eigenvalue weighted by molar-refractivity contribution is 5.49. The van der Waals surface area contributed by atoms with Crippen molar-refractivity contribution in [2.24, 2.45) is 0 Å². The first-order chi connectivity index (χ1) is 14.9. The molecule has 0 bridgehead atoms. The van der Waals surface area contributed by atoms with Crippen LogP contribution in [0.25, 0.3) is 0 Å². The third kappa shape index (κ3) is 4.32. The Bertz CT molecular complexity index is 1050. The summed E-state index contributed by atoms with van der Waals surface area (Å²) in [6, 6.07) is 19.4. The molecule has 0 radical (unpaired) electrons. The Morgan fingerprint density at radius 3 is 1.97 bits per heavy atom. The van der Waals surface area contributed by atoms with Gasteiger partial charge in [-0.1, -0.05) is 12.1 Å². The Labute approximate surface area is 183 Å². The molecule has 0 aliphatic carbocycles. The van der Waals surface area contributed by atoms with Gasteiger partial charge in [0.2, 0.25) is 0 Å². The molecular weight excluding hydrogens is 390 g/mol. The predicted molar refractivity (Wildman–Crippen MR) is 121 cm³/mol. The zero-order chi connectivity index (χ0) is 22.0. The third-order valence-corrected chi connectivity index (χ3v) is 6.49. The van der Waals surface area contributed by atoms with Crippen LogP contribution in [0.15, 0.2) is 60.7 Å². The molecule has 0 fully saturated rings. The Morgan fingerprint density at radius 1 is 0.839 bits per heavy atom. The summed E-state index contributed by atoms with van der Waals surface area (Å²) in [5.74, 6) is 2.07. The molecule has 31 heavy (non-hydrogen) atoms. The van der Waals surface area contributed by atoms with Crippen molar-refractivity contribution >= 4 is 0 Å². The van der Waals surface area contributed by atoms with Crippen LogP contribution >= 0.6 is 0 Å². The van der Waals surface area contributed by atoms with Crippen LogP contribution in [0.2, 0.25) is 0 Å². The smallest absolute Gasteiger partial charge is 0.161 e. The minimum atomic E-state index is 0.210. The molecule has 5 heteroatoms. The highest BCUT2D eigenvalue weighted by Gasteiger charge is 2.40. The van der Waals surface area contributed by atoms with E-state index in [1.807, 2.05) is 24.3 Å². The molecule has 2 unspecified atom stereocenters. The average Bonchev–Trinajstić information content (AvgIpc) is 2.78. The van der Waals surface area contributed by atoms with E-state index in [-0.39, 0.29) is 17.5 Å². The molecule has 1 aliphatic heterocycles. The van der Waals surface area contributed by atoms with Crippen LogP contribution in [0.5, 0.6) is 23.0 Å². The van der Waals surface area contributed by atoms with Crippen LogP contribution in [0.4, 0.5) is 0 Å². The van der Waals surface area contributed by atoms with Crippen LogP contribution in [0.1, 0.15) is 28.3 Å². The van der Waals surface area contributed by atoms with Crippen LogP contribution in [-0.4, -0.2) is 42.5 Å². The minimum absolute atomic E-state index is 0.210. The van der Waals surface area contributed by atoms with Crippen molar-refractivity contribution in [2.75, 3.05) is 27.8 Å². The molecule has 3 aromatic rings. The fourth-order valence-electron chi connectivity index (χ4n) is 4.72. The molecule has 3 aromatic carbocycles. The van der Waals surface area contributed by atoms with E-state index >= 15 is 0 Å². The largest absolute Gasteiger partial charge is 0.508 e. The summed E-state index contributed by atoms with van der Waals surface area (Å²) in [6.07, 6.45) is 1.80. The Kier molecular flexibility index (Phi) is 5.79. The summed E-state index contributed by atoms with van der Waals surface area (Å²) in [7, 11) is 5.65. The van der Waals surface area contributed by atoms with Crippen molar-refractivity contribution in [3.05, 3.63) is 82.9 Å². The first kappa shape index (κ1) is 21.1. The maximum atomic E-state index is 9.71. The van der Waals surface area contributed by atoms with E-state index in [2.05, 4.69) is 19.2 Å². The van der Waals surface area contributed by atoms with Gasteiger partial charge in [0.15, 0.2) is 11.5 Å². The van der Waals surface area contributed by atoms with Gasteiger partial charge in [0.1, 0.15) is 24.1 Å². The number of phenolic OH excluding ortho intramolecular Hbond substituents is 2. The molecule has 0 amide bonds. The number of hydrogen-bond acceptors (Lipinski definition) is 4. The van der Waals surface area contributed by atoms with Crippen molar-refractivity contribution < 1.29 is 24.2 Å². The lowest BCUT2D eigenvalue weighted by molar-refractivity contribution is -0.954. The molecule has 2 N–H and O–H groups in total. The van der Waals surface area contributed by atoms with Gasteiger partial charge >= 0.3 is 0 Å². The number of benzene rings is 3. The highest BCUT2D eigenvalue weighted by atomic mass is 16.5. The van der Waals surface area contributed by atoms with E-state index < -0.39 is 0 Å². The predicted octanol–water partition coefficient (Wildman–Crippen LogP) is 4.60. The fraction of sp³-hybridized carbons (Fsp3) is 0.308. The summed E-state index contributed by atoms with van der Waals surface area (Å²) in [5, 5.41) is 19.4. The van der Waals surface area contributed by atoms with Crippen LogP contribution < -0.4 is 9.47 Å². The lowest BCUT2D eigenvalue weighted by atomic mass is 9.86. The zero-order valence-corrected chi connectivity index (χ0v) is 18.3. The van der Waals surface area contributed by atoms with Gasteiger partial charge in [-0.05, 0) is 59.7 Å². The molecule has 4 rings (SSSR count). The van der Waals surface area contributed by atoms with E-state index in [1.165, 1.54) is 22.3 Å². The molecule has 0 saturated heterocycles. The number of quaternary nitrogens is 1. The van der Waals surface area contributed by atoms with Gasteiger partial charge < -0.3 is 24.2 Å². The number of likely N-dealkylation sites (N-methyl/N-ethyl adjacent to an activating group) is 1. The monoisotopic (exact) mass is 420 g/mol. The molecule has 162 valence electrons. The fourth-order valence-corrected chi connectivity index (χ4v) is 4.72. The second-order valence-electron chi connectivity index (χ2n) is 8.57. The van der Waals surface area contributed by atoms with E-state index in [1.54, 1.807) is 38.5 Å². The molecule has 1 heterocycles. The van der Waals surface area contributed by atoms with Crippen molar-refractivity contribution in [3.8, 4) is 23.0 Å². The number of fused-ring (bicyclic) bond motifs is 1. The van der Waals surface area contributed by atoms with E-state index in [9.17, 15) is 10.2 Å². The molecule has 2 atom stereocenters. The maximum Gasteiger partial charge on any atom is 0.161 e. The van der Waals surface area contributed by atoms with Gasteiger partial charge in [-0.3, -0.25) is 0 Å². The van der Waals surface area contributed by atoms with E-state index in [4.69, 9.17) is 9.47 Å². The number of nitrogens with zero attached hydrogens (tertiary/aromatic N) is 1. The first-order valence-corrected chi connectivity index (χ1v) is 10.6. The van der Waals surface area contributed by atoms with Crippen LogP contribution in [0.3, 0.4) is 0 Å². The van der Waals surface area contributed by atoms with Crippen LogP contribution in [0, 0.1) is 0 Å². The molecule has 1 aliphatic rings. The third-order valence-electron chi connectivity index (χ3n) is 6.49. The van der Waals surface area contributed by atoms with Gasteiger partial charge in [0, 0.05) is 24.0 Å². The number of methoxy groups -OCH3 is 2. The Balaban J connectivity index is 1.77. The Morgan fingerprint density at radius 2 is 1.39 bits per heavy atom. The lowest BCUT2D eigenvalue weighted by Crippen LogP contribution is -2.51. The van der Waals surface area contributed by atoms with Gasteiger partial charge in [-0.15, -0.1) is 0 Å². The average molecular weight is 421 g/mol. The van der Waals surface area contributed by atoms with Gasteiger partial charge in [0.25, 0.3) is 0 Å².